The topological polar surface area (TPSA) is 86.7 Å². The van der Waals surface area contributed by atoms with Crippen molar-refractivity contribution in [3.8, 4) is 11.4 Å². The lowest BCUT2D eigenvalue weighted by Gasteiger charge is -2.04. The van der Waals surface area contributed by atoms with Crippen LogP contribution >= 0.6 is 11.6 Å². The Balaban J connectivity index is 2.21. The van der Waals surface area contributed by atoms with E-state index in [1.165, 1.54) is 12.1 Å². The Morgan fingerprint density at radius 2 is 2.10 bits per heavy atom. The maximum Gasteiger partial charge on any atom is 0.270 e. The molecule has 0 spiro atoms. The number of aromatic nitrogens is 4. The third-order valence-electron chi connectivity index (χ3n) is 3.14. The van der Waals surface area contributed by atoms with E-state index in [0.717, 1.165) is 0 Å². The van der Waals surface area contributed by atoms with Gasteiger partial charge < -0.3 is 4.57 Å². The van der Waals surface area contributed by atoms with Gasteiger partial charge in [0.2, 0.25) is 0 Å². The Morgan fingerprint density at radius 1 is 1.33 bits per heavy atom. The number of hydrogen-bond donors (Lipinski definition) is 0. The van der Waals surface area contributed by atoms with Crippen LogP contribution in [-0.2, 0) is 7.05 Å². The molecule has 0 N–H and O–H groups in total. The van der Waals surface area contributed by atoms with Crippen molar-refractivity contribution in [1.82, 2.24) is 19.5 Å². The van der Waals surface area contributed by atoms with E-state index in [0.29, 0.717) is 28.4 Å². The minimum absolute atomic E-state index is 0.0573. The number of nitro groups is 1. The third-order valence-corrected chi connectivity index (χ3v) is 3.45. The van der Waals surface area contributed by atoms with Gasteiger partial charge in [0.25, 0.3) is 5.69 Å². The van der Waals surface area contributed by atoms with Crippen molar-refractivity contribution in [3.63, 3.8) is 0 Å². The second-order valence-electron chi connectivity index (χ2n) is 4.54. The summed E-state index contributed by atoms with van der Waals surface area (Å²) in [4.78, 5) is 23.2. The van der Waals surface area contributed by atoms with Crippen LogP contribution in [0.25, 0.3) is 22.6 Å². The second kappa shape index (κ2) is 4.78. The first-order valence-corrected chi connectivity index (χ1v) is 6.45. The van der Waals surface area contributed by atoms with Gasteiger partial charge in [-0.15, -0.1) is 0 Å². The van der Waals surface area contributed by atoms with E-state index in [4.69, 9.17) is 11.6 Å². The summed E-state index contributed by atoms with van der Waals surface area (Å²) < 4.78 is 1.79. The minimum Gasteiger partial charge on any atom is -0.312 e. The summed E-state index contributed by atoms with van der Waals surface area (Å²) in [5, 5.41) is 11.0. The summed E-state index contributed by atoms with van der Waals surface area (Å²) in [6, 6.07) is 4.30. The smallest absolute Gasteiger partial charge is 0.270 e. The van der Waals surface area contributed by atoms with E-state index in [1.807, 2.05) is 7.05 Å². The van der Waals surface area contributed by atoms with Gasteiger partial charge in [-0.05, 0) is 13.0 Å². The molecule has 106 valence electrons. The highest BCUT2D eigenvalue weighted by Gasteiger charge is 2.16. The van der Waals surface area contributed by atoms with Gasteiger partial charge in [0, 0.05) is 24.7 Å². The molecule has 2 aromatic heterocycles. The molecule has 0 bridgehead atoms. The van der Waals surface area contributed by atoms with Crippen LogP contribution in [0.1, 0.15) is 5.82 Å². The molecule has 2 heterocycles. The van der Waals surface area contributed by atoms with Gasteiger partial charge >= 0.3 is 0 Å². The molecule has 0 fully saturated rings. The molecule has 0 radical (unpaired) electrons. The quantitative estimate of drug-likeness (QED) is 0.536. The van der Waals surface area contributed by atoms with Gasteiger partial charge in [-0.25, -0.2) is 15.0 Å². The summed E-state index contributed by atoms with van der Waals surface area (Å²) in [5.74, 6) is 1.23. The maximum atomic E-state index is 10.8. The number of rotatable bonds is 2. The molecule has 1 aromatic carbocycles. The molecule has 0 aliphatic carbocycles. The van der Waals surface area contributed by atoms with Crippen LogP contribution in [0.3, 0.4) is 0 Å². The molecule has 0 saturated heterocycles. The van der Waals surface area contributed by atoms with Crippen molar-refractivity contribution in [2.75, 3.05) is 0 Å². The van der Waals surface area contributed by atoms with Crippen molar-refractivity contribution < 1.29 is 4.92 Å². The lowest BCUT2D eigenvalue weighted by Crippen LogP contribution is -1.96. The van der Waals surface area contributed by atoms with Crippen LogP contribution < -0.4 is 0 Å². The monoisotopic (exact) mass is 303 g/mol. The molecule has 0 amide bonds. The molecule has 8 heteroatoms. The van der Waals surface area contributed by atoms with Crippen LogP contribution in [0.15, 0.2) is 24.4 Å². The third kappa shape index (κ3) is 2.21. The van der Waals surface area contributed by atoms with Crippen molar-refractivity contribution in [1.29, 1.82) is 0 Å². The van der Waals surface area contributed by atoms with Gasteiger partial charge in [-0.3, -0.25) is 10.1 Å². The lowest BCUT2D eigenvalue weighted by molar-refractivity contribution is -0.384. The van der Waals surface area contributed by atoms with E-state index in [2.05, 4.69) is 15.0 Å². The fraction of sp³-hybridized carbons (Fsp3) is 0.154. The Labute approximate surface area is 124 Å². The Kier molecular flexibility index (Phi) is 3.06. The molecule has 0 aliphatic heterocycles. The highest BCUT2D eigenvalue weighted by atomic mass is 35.5. The number of aryl methyl sites for hydroxylation is 2. The number of non-ortho nitro benzene ring substituents is 1. The molecule has 0 unspecified atom stereocenters. The average molecular weight is 304 g/mol. The molecule has 0 atom stereocenters. The SMILES string of the molecule is Cc1ncc2nc(-c3ccc([N+](=O)[O-])cc3Cl)n(C)c2n1. The van der Waals surface area contributed by atoms with E-state index in [1.54, 1.807) is 23.8 Å². The lowest BCUT2D eigenvalue weighted by atomic mass is 10.2. The van der Waals surface area contributed by atoms with Crippen molar-refractivity contribution in [2.24, 2.45) is 7.05 Å². The zero-order valence-corrected chi connectivity index (χ0v) is 12.0. The standard InChI is InChI=1S/C13H10ClN5O2/c1-7-15-6-11-13(16-7)18(2)12(17-11)9-4-3-8(19(20)21)5-10(9)14/h3-6H,1-2H3. The van der Waals surface area contributed by atoms with Crippen LogP contribution in [0.2, 0.25) is 5.02 Å². The highest BCUT2D eigenvalue weighted by molar-refractivity contribution is 6.33. The number of fused-ring (bicyclic) bond motifs is 1. The predicted octanol–water partition coefficient (Wildman–Crippen LogP) is 2.90. The Bertz CT molecular complexity index is 874. The van der Waals surface area contributed by atoms with Gasteiger partial charge in [-0.2, -0.15) is 0 Å². The fourth-order valence-corrected chi connectivity index (χ4v) is 2.37. The van der Waals surface area contributed by atoms with Crippen LogP contribution in [0, 0.1) is 17.0 Å². The number of halogens is 1. The fourth-order valence-electron chi connectivity index (χ4n) is 2.11. The van der Waals surface area contributed by atoms with E-state index in [-0.39, 0.29) is 10.7 Å². The Hall–Kier alpha value is -2.54. The van der Waals surface area contributed by atoms with Crippen LogP contribution in [0.5, 0.6) is 0 Å². The first-order chi connectivity index (χ1) is 9.97. The van der Waals surface area contributed by atoms with Gasteiger partial charge in [-0.1, -0.05) is 11.6 Å². The zero-order valence-electron chi connectivity index (χ0n) is 11.2. The predicted molar refractivity (Wildman–Crippen MR) is 78.1 cm³/mol. The van der Waals surface area contributed by atoms with E-state index >= 15 is 0 Å². The largest absolute Gasteiger partial charge is 0.312 e. The summed E-state index contributed by atoms with van der Waals surface area (Å²) in [7, 11) is 1.81. The molecule has 3 rings (SSSR count). The van der Waals surface area contributed by atoms with E-state index < -0.39 is 4.92 Å². The summed E-state index contributed by atoms with van der Waals surface area (Å²) in [6.07, 6.45) is 1.64. The zero-order chi connectivity index (χ0) is 15.1. The molecular formula is C13H10ClN5O2. The highest BCUT2D eigenvalue weighted by Crippen LogP contribution is 2.31. The number of hydrogen-bond acceptors (Lipinski definition) is 5. The van der Waals surface area contributed by atoms with Gasteiger partial charge in [0.1, 0.15) is 17.2 Å². The van der Waals surface area contributed by atoms with Crippen molar-refractivity contribution in [2.45, 2.75) is 6.92 Å². The van der Waals surface area contributed by atoms with Crippen LogP contribution in [0.4, 0.5) is 5.69 Å². The Morgan fingerprint density at radius 3 is 2.76 bits per heavy atom. The minimum atomic E-state index is -0.487. The van der Waals surface area contributed by atoms with Gasteiger partial charge in [0.05, 0.1) is 16.1 Å². The number of imidazole rings is 1. The van der Waals surface area contributed by atoms with Crippen molar-refractivity contribution in [3.05, 3.63) is 45.4 Å². The molecule has 7 nitrogen and oxygen atoms in total. The molecule has 21 heavy (non-hydrogen) atoms. The normalized spacial score (nSPS) is 11.0. The number of nitrogens with zero attached hydrogens (tertiary/aromatic N) is 5. The number of nitro benzene ring substituents is 1. The molecule has 0 aliphatic rings. The van der Waals surface area contributed by atoms with Gasteiger partial charge in [0.15, 0.2) is 5.65 Å². The first-order valence-electron chi connectivity index (χ1n) is 6.08. The molecular weight excluding hydrogens is 294 g/mol. The van der Waals surface area contributed by atoms with Crippen LogP contribution in [-0.4, -0.2) is 24.4 Å². The van der Waals surface area contributed by atoms with Crippen molar-refractivity contribution >= 4 is 28.5 Å². The maximum absolute atomic E-state index is 10.8. The van der Waals surface area contributed by atoms with E-state index in [9.17, 15) is 10.1 Å². The summed E-state index contributed by atoms with van der Waals surface area (Å²) in [6.45, 7) is 1.80. The molecule has 0 saturated carbocycles. The summed E-state index contributed by atoms with van der Waals surface area (Å²) >= 11 is 6.15. The second-order valence-corrected chi connectivity index (χ2v) is 4.95. The average Bonchev–Trinajstić information content (AvgIpc) is 2.76. The molecule has 3 aromatic rings. The first kappa shape index (κ1) is 13.4. The number of benzene rings is 1. The summed E-state index contributed by atoms with van der Waals surface area (Å²) in [5.41, 5.74) is 1.89.